The van der Waals surface area contributed by atoms with Gasteiger partial charge in [0, 0.05) is 30.6 Å². The van der Waals surface area contributed by atoms with E-state index in [1.165, 1.54) is 5.56 Å². The molecule has 0 aliphatic carbocycles. The second-order valence-corrected chi connectivity index (χ2v) is 9.36. The van der Waals surface area contributed by atoms with Crippen LogP contribution < -0.4 is 5.56 Å². The molecule has 1 aromatic carbocycles. The van der Waals surface area contributed by atoms with Gasteiger partial charge in [-0.2, -0.15) is 0 Å². The number of hydrogen-bond donors (Lipinski definition) is 1. The number of aromatic nitrogens is 2. The zero-order chi connectivity index (χ0) is 23.4. The molecule has 0 saturated carbocycles. The molecule has 176 valence electrons. The SMILES string of the molecule is CCC1(O)CC(=O)OCc2c1cc1n(c2=O)Cc2c-1nc1ccccc1c2CN1CCOCC1. The minimum Gasteiger partial charge on any atom is -0.460 e. The molecule has 8 heteroatoms. The molecule has 1 unspecified atom stereocenters. The Kier molecular flexibility index (Phi) is 5.05. The van der Waals surface area contributed by atoms with Crippen molar-refractivity contribution in [1.82, 2.24) is 14.5 Å². The molecule has 3 aliphatic rings. The lowest BCUT2D eigenvalue weighted by atomic mass is 9.85. The van der Waals surface area contributed by atoms with Crippen molar-refractivity contribution < 1.29 is 19.4 Å². The van der Waals surface area contributed by atoms with E-state index < -0.39 is 11.6 Å². The second-order valence-electron chi connectivity index (χ2n) is 9.36. The van der Waals surface area contributed by atoms with Gasteiger partial charge in [-0.15, -0.1) is 0 Å². The topological polar surface area (TPSA) is 93.9 Å². The molecule has 5 heterocycles. The number of aliphatic hydroxyl groups is 1. The van der Waals surface area contributed by atoms with Gasteiger partial charge < -0.3 is 19.1 Å². The Bertz CT molecular complexity index is 1380. The lowest BCUT2D eigenvalue weighted by Crippen LogP contribution is -2.36. The van der Waals surface area contributed by atoms with Gasteiger partial charge >= 0.3 is 5.97 Å². The number of para-hydroxylation sites is 1. The molecule has 1 fully saturated rings. The van der Waals surface area contributed by atoms with E-state index in [9.17, 15) is 14.7 Å². The van der Waals surface area contributed by atoms with Crippen LogP contribution in [-0.2, 0) is 39.6 Å². The Hall–Kier alpha value is -3.07. The molecule has 3 aliphatic heterocycles. The van der Waals surface area contributed by atoms with Crippen molar-refractivity contribution in [2.75, 3.05) is 26.3 Å². The van der Waals surface area contributed by atoms with E-state index in [-0.39, 0.29) is 18.6 Å². The van der Waals surface area contributed by atoms with E-state index in [0.717, 1.165) is 41.8 Å². The summed E-state index contributed by atoms with van der Waals surface area (Å²) < 4.78 is 12.5. The van der Waals surface area contributed by atoms with Gasteiger partial charge in [0.15, 0.2) is 0 Å². The maximum Gasteiger partial charge on any atom is 0.309 e. The molecule has 0 spiro atoms. The van der Waals surface area contributed by atoms with Gasteiger partial charge in [0.2, 0.25) is 0 Å². The van der Waals surface area contributed by atoms with Gasteiger partial charge in [-0.25, -0.2) is 4.98 Å². The molecule has 34 heavy (non-hydrogen) atoms. The Balaban J connectivity index is 1.56. The van der Waals surface area contributed by atoms with Gasteiger partial charge in [0.1, 0.15) is 12.2 Å². The smallest absolute Gasteiger partial charge is 0.309 e. The Labute approximate surface area is 196 Å². The number of hydrogen-bond acceptors (Lipinski definition) is 7. The summed E-state index contributed by atoms with van der Waals surface area (Å²) in [7, 11) is 0. The van der Waals surface area contributed by atoms with E-state index in [1.807, 2.05) is 31.2 Å². The lowest BCUT2D eigenvalue weighted by molar-refractivity contribution is -0.149. The monoisotopic (exact) mass is 461 g/mol. The fourth-order valence-electron chi connectivity index (χ4n) is 5.47. The molecular formula is C26H27N3O5. The van der Waals surface area contributed by atoms with Crippen molar-refractivity contribution in [3.05, 3.63) is 62.9 Å². The highest BCUT2D eigenvalue weighted by Gasteiger charge is 2.39. The summed E-state index contributed by atoms with van der Waals surface area (Å²) in [4.78, 5) is 33.1. The van der Waals surface area contributed by atoms with Gasteiger partial charge in [0.25, 0.3) is 5.56 Å². The highest BCUT2D eigenvalue weighted by molar-refractivity contribution is 5.88. The number of pyridine rings is 2. The molecule has 6 rings (SSSR count). The summed E-state index contributed by atoms with van der Waals surface area (Å²) in [6.07, 6.45) is 0.137. The van der Waals surface area contributed by atoms with Crippen LogP contribution in [0.2, 0.25) is 0 Å². The molecular weight excluding hydrogens is 434 g/mol. The largest absolute Gasteiger partial charge is 0.460 e. The number of nitrogens with zero attached hydrogens (tertiary/aromatic N) is 3. The number of ether oxygens (including phenoxy) is 2. The fourth-order valence-corrected chi connectivity index (χ4v) is 5.47. The molecule has 3 aromatic rings. The van der Waals surface area contributed by atoms with Crippen LogP contribution in [0.3, 0.4) is 0 Å². The van der Waals surface area contributed by atoms with Crippen LogP contribution in [0.5, 0.6) is 0 Å². The molecule has 0 bridgehead atoms. The third-order valence-corrected chi connectivity index (χ3v) is 7.46. The van der Waals surface area contributed by atoms with Gasteiger partial charge in [-0.1, -0.05) is 25.1 Å². The van der Waals surface area contributed by atoms with E-state index in [2.05, 4.69) is 11.0 Å². The average Bonchev–Trinajstić information content (AvgIpc) is 3.16. The van der Waals surface area contributed by atoms with Gasteiger partial charge in [-0.05, 0) is 29.7 Å². The van der Waals surface area contributed by atoms with E-state index in [1.54, 1.807) is 4.57 Å². The number of rotatable bonds is 3. The summed E-state index contributed by atoms with van der Waals surface area (Å²) in [6, 6.07) is 9.93. The Morgan fingerprint density at radius 2 is 1.94 bits per heavy atom. The molecule has 8 nitrogen and oxygen atoms in total. The Morgan fingerprint density at radius 3 is 2.74 bits per heavy atom. The Morgan fingerprint density at radius 1 is 1.15 bits per heavy atom. The summed E-state index contributed by atoms with van der Waals surface area (Å²) in [5.41, 5.74) is 3.73. The predicted octanol–water partition coefficient (Wildman–Crippen LogP) is 2.30. The number of benzene rings is 1. The summed E-state index contributed by atoms with van der Waals surface area (Å²) in [5.74, 6) is -0.498. The number of morpholine rings is 1. The van der Waals surface area contributed by atoms with E-state index in [0.29, 0.717) is 43.0 Å². The zero-order valence-electron chi connectivity index (χ0n) is 19.2. The van der Waals surface area contributed by atoms with Crippen LogP contribution in [0.1, 0.15) is 42.0 Å². The van der Waals surface area contributed by atoms with Crippen LogP contribution in [0.25, 0.3) is 22.3 Å². The first-order valence-electron chi connectivity index (χ1n) is 11.8. The molecule has 2 aromatic heterocycles. The first-order valence-corrected chi connectivity index (χ1v) is 11.8. The molecule has 1 atom stereocenters. The second kappa shape index (κ2) is 8.01. The molecule has 1 N–H and O–H groups in total. The molecule has 0 radical (unpaired) electrons. The predicted molar refractivity (Wildman–Crippen MR) is 125 cm³/mol. The van der Waals surface area contributed by atoms with Crippen LogP contribution in [0.4, 0.5) is 0 Å². The quantitative estimate of drug-likeness (QED) is 0.468. The van der Waals surface area contributed by atoms with Crippen molar-refractivity contribution in [3.8, 4) is 11.4 Å². The maximum absolute atomic E-state index is 13.6. The van der Waals surface area contributed by atoms with Crippen LogP contribution in [0.15, 0.2) is 35.1 Å². The molecule has 0 amide bonds. The summed E-state index contributed by atoms with van der Waals surface area (Å²) in [6.45, 7) is 6.01. The van der Waals surface area contributed by atoms with Gasteiger partial charge in [-0.3, -0.25) is 14.5 Å². The van der Waals surface area contributed by atoms with Gasteiger partial charge in [0.05, 0.1) is 48.6 Å². The van der Waals surface area contributed by atoms with Crippen molar-refractivity contribution in [3.63, 3.8) is 0 Å². The van der Waals surface area contributed by atoms with Crippen LogP contribution >= 0.6 is 0 Å². The fraction of sp³-hybridized carbons (Fsp3) is 0.423. The van der Waals surface area contributed by atoms with Crippen LogP contribution in [0, 0.1) is 0 Å². The summed E-state index contributed by atoms with van der Waals surface area (Å²) in [5, 5.41) is 12.4. The number of cyclic esters (lactones) is 1. The number of fused-ring (bicyclic) bond motifs is 5. The van der Waals surface area contributed by atoms with E-state index in [4.69, 9.17) is 14.5 Å². The minimum atomic E-state index is -1.44. The standard InChI is InChI=1S/C26H27N3O5/c1-2-26(32)12-23(30)34-15-19-20(26)11-22-24-18(14-29(22)25(19)31)17(13-28-7-9-33-10-8-28)16-5-3-4-6-21(16)27-24/h3-6,11,32H,2,7-10,12-15H2,1H3. The zero-order valence-corrected chi connectivity index (χ0v) is 19.2. The minimum absolute atomic E-state index is 0.123. The number of esters is 1. The van der Waals surface area contributed by atoms with Crippen molar-refractivity contribution >= 4 is 16.9 Å². The normalized spacial score (nSPS) is 22.1. The third kappa shape index (κ3) is 3.28. The number of carbonyl (C=O) groups is 1. The van der Waals surface area contributed by atoms with Crippen molar-refractivity contribution in [1.29, 1.82) is 0 Å². The molecule has 1 saturated heterocycles. The lowest BCUT2D eigenvalue weighted by Gasteiger charge is -2.28. The highest BCUT2D eigenvalue weighted by atomic mass is 16.5. The maximum atomic E-state index is 13.6. The first-order chi connectivity index (χ1) is 16.5. The summed E-state index contributed by atoms with van der Waals surface area (Å²) >= 11 is 0. The van der Waals surface area contributed by atoms with Crippen molar-refractivity contribution in [2.45, 2.75) is 45.1 Å². The third-order valence-electron chi connectivity index (χ3n) is 7.46. The van der Waals surface area contributed by atoms with Crippen molar-refractivity contribution in [2.24, 2.45) is 0 Å². The highest BCUT2D eigenvalue weighted by Crippen LogP contribution is 2.40. The number of carbonyl (C=O) groups excluding carboxylic acids is 1. The average molecular weight is 462 g/mol. The van der Waals surface area contributed by atoms with Crippen LogP contribution in [-0.4, -0.2) is 51.8 Å². The van der Waals surface area contributed by atoms with E-state index >= 15 is 0 Å². The first kappa shape index (κ1) is 21.5.